The number of halogens is 1. The van der Waals surface area contributed by atoms with Gasteiger partial charge in [-0.15, -0.1) is 0 Å². The van der Waals surface area contributed by atoms with E-state index in [9.17, 15) is 19.8 Å². The largest absolute Gasteiger partial charge is 0.501 e. The van der Waals surface area contributed by atoms with E-state index in [-0.39, 0.29) is 44.6 Å². The molecule has 2 aromatic heterocycles. The number of carbonyl (C=O) groups is 1. The summed E-state index contributed by atoms with van der Waals surface area (Å²) in [6.45, 7) is 0. The maximum Gasteiger partial charge on any atom is 0.327 e. The molecule has 1 aliphatic rings. The fraction of sp³-hybridized carbons (Fsp3) is 0.182. The van der Waals surface area contributed by atoms with Crippen molar-refractivity contribution in [2.75, 3.05) is 0 Å². The smallest absolute Gasteiger partial charge is 0.327 e. The van der Waals surface area contributed by atoms with Crippen molar-refractivity contribution in [3.8, 4) is 28.8 Å². The highest BCUT2D eigenvalue weighted by atomic mass is 35.5. The Hall–Kier alpha value is -3.65. The third kappa shape index (κ3) is 3.16. The fourth-order valence-corrected chi connectivity index (χ4v) is 3.92. The zero-order valence-corrected chi connectivity index (χ0v) is 16.5. The number of furan rings is 1. The van der Waals surface area contributed by atoms with Crippen molar-refractivity contribution in [3.63, 3.8) is 0 Å². The number of aromatic hydroxyl groups is 2. The van der Waals surface area contributed by atoms with E-state index in [0.717, 1.165) is 0 Å². The van der Waals surface area contributed by atoms with E-state index in [2.05, 4.69) is 0 Å². The van der Waals surface area contributed by atoms with Gasteiger partial charge < -0.3 is 28.9 Å². The number of hydrogen-bond acceptors (Lipinski definition) is 7. The maximum absolute atomic E-state index is 12.6. The molecule has 0 saturated heterocycles. The molecule has 0 bridgehead atoms. The molecule has 3 N–H and O–H groups in total. The van der Waals surface area contributed by atoms with Gasteiger partial charge in [-0.2, -0.15) is 0 Å². The van der Waals surface area contributed by atoms with Gasteiger partial charge in [0.25, 0.3) is 0 Å². The summed E-state index contributed by atoms with van der Waals surface area (Å²) in [6, 6.07) is 9.05. The maximum atomic E-state index is 12.6. The molecule has 2 heterocycles. The van der Waals surface area contributed by atoms with Crippen molar-refractivity contribution in [1.82, 2.24) is 0 Å². The average Bonchev–Trinajstić information content (AvgIpc) is 2.97. The van der Waals surface area contributed by atoms with Crippen LogP contribution in [0, 0.1) is 5.92 Å². The van der Waals surface area contributed by atoms with Gasteiger partial charge in [0, 0.05) is 6.07 Å². The van der Waals surface area contributed by atoms with Crippen molar-refractivity contribution in [2.24, 2.45) is 5.92 Å². The Morgan fingerprint density at radius 1 is 1.10 bits per heavy atom. The normalized spacial score (nSPS) is 18.2. The Morgan fingerprint density at radius 3 is 2.61 bits per heavy atom. The Kier molecular flexibility index (Phi) is 4.33. The van der Waals surface area contributed by atoms with Crippen LogP contribution < -0.4 is 10.2 Å². The molecule has 1 fully saturated rings. The Bertz CT molecular complexity index is 1410. The summed E-state index contributed by atoms with van der Waals surface area (Å²) in [5.74, 6) is -2.09. The van der Waals surface area contributed by atoms with Crippen LogP contribution >= 0.6 is 11.6 Å². The van der Waals surface area contributed by atoms with E-state index >= 15 is 0 Å². The second-order valence-electron chi connectivity index (χ2n) is 7.44. The van der Waals surface area contributed by atoms with E-state index in [1.165, 1.54) is 18.2 Å². The summed E-state index contributed by atoms with van der Waals surface area (Å²) < 4.78 is 17.1. The van der Waals surface area contributed by atoms with E-state index in [4.69, 9.17) is 30.3 Å². The molecule has 1 aliphatic carbocycles. The molecule has 0 unspecified atom stereocenters. The Morgan fingerprint density at radius 2 is 1.87 bits per heavy atom. The van der Waals surface area contributed by atoms with Gasteiger partial charge in [-0.3, -0.25) is 9.59 Å². The molecule has 4 aromatic rings. The third-order valence-corrected chi connectivity index (χ3v) is 5.75. The number of hydrogen-bond donors (Lipinski definition) is 3. The number of benzene rings is 2. The van der Waals surface area contributed by atoms with Gasteiger partial charge in [0.05, 0.1) is 27.3 Å². The highest BCUT2D eigenvalue weighted by molar-refractivity contribution is 6.34. The molecule has 0 atom stereocenters. The molecule has 31 heavy (non-hydrogen) atoms. The first-order valence-electron chi connectivity index (χ1n) is 9.42. The Balaban J connectivity index is 1.66. The van der Waals surface area contributed by atoms with Gasteiger partial charge in [0.1, 0.15) is 23.2 Å². The summed E-state index contributed by atoms with van der Waals surface area (Å²) in [7, 11) is 0. The highest BCUT2D eigenvalue weighted by Gasteiger charge is 2.36. The molecule has 0 aliphatic heterocycles. The second-order valence-corrected chi connectivity index (χ2v) is 7.85. The van der Waals surface area contributed by atoms with Crippen LogP contribution in [0.15, 0.2) is 50.0 Å². The third-order valence-electron chi connectivity index (χ3n) is 5.46. The van der Waals surface area contributed by atoms with Crippen molar-refractivity contribution < 1.29 is 33.7 Å². The number of carboxylic acids is 1. The molecular formula is C22H15ClO8. The molecule has 2 aromatic carbocycles. The van der Waals surface area contributed by atoms with E-state index in [1.807, 2.05) is 0 Å². The van der Waals surface area contributed by atoms with E-state index in [0.29, 0.717) is 23.8 Å². The number of carboxylic acid groups (broad SMARTS) is 1. The van der Waals surface area contributed by atoms with Gasteiger partial charge in [0.2, 0.25) is 5.75 Å². The van der Waals surface area contributed by atoms with Crippen LogP contribution in [0.25, 0.3) is 33.3 Å². The highest BCUT2D eigenvalue weighted by Crippen LogP contribution is 2.44. The van der Waals surface area contributed by atoms with Gasteiger partial charge in [-0.25, -0.2) is 0 Å². The zero-order chi connectivity index (χ0) is 21.9. The van der Waals surface area contributed by atoms with Crippen molar-refractivity contribution in [2.45, 2.75) is 18.9 Å². The lowest BCUT2D eigenvalue weighted by Crippen LogP contribution is -2.38. The number of aliphatic carboxylic acids is 1. The molecule has 158 valence electrons. The second kappa shape index (κ2) is 6.95. The van der Waals surface area contributed by atoms with Crippen LogP contribution in [0.4, 0.5) is 0 Å². The summed E-state index contributed by atoms with van der Waals surface area (Å²) in [4.78, 5) is 23.7. The van der Waals surface area contributed by atoms with Gasteiger partial charge in [-0.1, -0.05) is 17.7 Å². The van der Waals surface area contributed by atoms with Crippen LogP contribution in [0.5, 0.6) is 17.4 Å². The predicted molar refractivity (Wildman–Crippen MR) is 111 cm³/mol. The molecule has 1 saturated carbocycles. The van der Waals surface area contributed by atoms with Crippen LogP contribution in [0.2, 0.25) is 5.02 Å². The first-order valence-corrected chi connectivity index (χ1v) is 9.80. The molecule has 0 radical (unpaired) electrons. The van der Waals surface area contributed by atoms with Gasteiger partial charge in [0.15, 0.2) is 11.0 Å². The van der Waals surface area contributed by atoms with Crippen LogP contribution in [0.3, 0.4) is 0 Å². The van der Waals surface area contributed by atoms with Crippen molar-refractivity contribution in [1.29, 1.82) is 0 Å². The zero-order valence-electron chi connectivity index (χ0n) is 15.8. The SMILES string of the molecule is O=C(O)C1CC(Oc2cc3c(O)c(O)oc3cc2-c2cc(=O)c3cccc(Cl)c3o2)C1. The summed E-state index contributed by atoms with van der Waals surface area (Å²) in [6.07, 6.45) is 0.280. The minimum absolute atomic E-state index is 0.145. The summed E-state index contributed by atoms with van der Waals surface area (Å²) in [5, 5.41) is 29.7. The van der Waals surface area contributed by atoms with Crippen LogP contribution in [0.1, 0.15) is 12.8 Å². The first-order chi connectivity index (χ1) is 14.8. The molecule has 0 amide bonds. The number of rotatable bonds is 4. The minimum Gasteiger partial charge on any atom is -0.501 e. The quantitative estimate of drug-likeness (QED) is 0.420. The molecule has 0 spiro atoms. The lowest BCUT2D eigenvalue weighted by Gasteiger charge is -2.33. The average molecular weight is 443 g/mol. The Labute approximate surface area is 178 Å². The fourth-order valence-electron chi connectivity index (χ4n) is 3.71. The summed E-state index contributed by atoms with van der Waals surface area (Å²) >= 11 is 6.20. The first kappa shape index (κ1) is 19.3. The molecule has 8 nitrogen and oxygen atoms in total. The topological polar surface area (TPSA) is 130 Å². The molecular weight excluding hydrogens is 428 g/mol. The standard InChI is InChI=1S/C22H15ClO8/c23-14-3-1-2-11-15(24)8-18(30-20(11)14)12-6-17-13(19(25)22(28)31-17)7-16(12)29-10-4-9(5-10)21(26)27/h1-3,6-10,25,28H,4-5H2,(H,26,27). The number of ether oxygens (including phenoxy) is 1. The van der Waals surface area contributed by atoms with Gasteiger partial charge >= 0.3 is 11.9 Å². The van der Waals surface area contributed by atoms with Gasteiger partial charge in [-0.05, 0) is 37.1 Å². The van der Waals surface area contributed by atoms with E-state index < -0.39 is 23.6 Å². The lowest BCUT2D eigenvalue weighted by molar-refractivity contribution is -0.147. The lowest BCUT2D eigenvalue weighted by atomic mass is 9.82. The molecule has 9 heteroatoms. The minimum atomic E-state index is -0.886. The summed E-state index contributed by atoms with van der Waals surface area (Å²) in [5.41, 5.74) is 0.372. The predicted octanol–water partition coefficient (Wildman–Crippen LogP) is 4.51. The van der Waals surface area contributed by atoms with Crippen molar-refractivity contribution >= 4 is 39.5 Å². The van der Waals surface area contributed by atoms with Crippen LogP contribution in [-0.4, -0.2) is 27.4 Å². The number of para-hydroxylation sites is 1. The van der Waals surface area contributed by atoms with E-state index in [1.54, 1.807) is 18.2 Å². The molecule has 5 rings (SSSR count). The monoisotopic (exact) mass is 442 g/mol. The van der Waals surface area contributed by atoms with Crippen molar-refractivity contribution in [3.05, 3.63) is 51.6 Å². The number of fused-ring (bicyclic) bond motifs is 2. The van der Waals surface area contributed by atoms with Crippen LogP contribution in [-0.2, 0) is 4.79 Å².